The highest BCUT2D eigenvalue weighted by Crippen LogP contribution is 2.48. The van der Waals surface area contributed by atoms with Gasteiger partial charge in [-0.3, -0.25) is 14.9 Å². The van der Waals surface area contributed by atoms with E-state index in [0.717, 1.165) is 16.0 Å². The molecule has 0 fully saturated rings. The highest BCUT2D eigenvalue weighted by atomic mass is 32.1. The van der Waals surface area contributed by atoms with Crippen LogP contribution in [0.1, 0.15) is 47.8 Å². The van der Waals surface area contributed by atoms with E-state index in [9.17, 15) is 14.9 Å². The molecule has 4 nitrogen and oxygen atoms in total. The minimum absolute atomic E-state index is 0.169. The topological polar surface area (TPSA) is 60.2 Å². The Balaban J connectivity index is 2.19. The van der Waals surface area contributed by atoms with Gasteiger partial charge in [-0.25, -0.2) is 0 Å². The van der Waals surface area contributed by atoms with Crippen molar-refractivity contribution in [3.05, 3.63) is 79.5 Å². The Morgan fingerprint density at radius 2 is 1.88 bits per heavy atom. The fourth-order valence-corrected chi connectivity index (χ4v) is 4.42. The van der Waals surface area contributed by atoms with Crippen LogP contribution in [0.5, 0.6) is 0 Å². The molecule has 0 saturated heterocycles. The van der Waals surface area contributed by atoms with Gasteiger partial charge in [0.1, 0.15) is 0 Å². The van der Waals surface area contributed by atoms with Crippen molar-refractivity contribution in [1.82, 2.24) is 0 Å². The Hall–Kier alpha value is -2.27. The standard InChI is InChI=1S/C19H19NO3S/c1-13-11-16(17-9-6-10-24-17)19(20(22)23,12-14(13)2)18(21)15-7-4-3-5-8-15/h3-10,16H,11-12H2,1-2H3. The predicted octanol–water partition coefficient (Wildman–Crippen LogP) is 4.86. The molecule has 0 aliphatic heterocycles. The number of hydrogen-bond donors (Lipinski definition) is 0. The molecule has 24 heavy (non-hydrogen) atoms. The number of nitrogens with zero attached hydrogens (tertiary/aromatic N) is 1. The van der Waals surface area contributed by atoms with Crippen LogP contribution >= 0.6 is 11.3 Å². The molecular formula is C19H19NO3S. The van der Waals surface area contributed by atoms with Crippen molar-refractivity contribution in [2.45, 2.75) is 38.1 Å². The lowest BCUT2D eigenvalue weighted by atomic mass is 9.67. The number of nitro groups is 1. The molecule has 1 aliphatic rings. The third kappa shape index (κ3) is 2.59. The van der Waals surface area contributed by atoms with Crippen LogP contribution in [0.15, 0.2) is 59.0 Å². The minimum Gasteiger partial charge on any atom is -0.286 e. The van der Waals surface area contributed by atoms with Crippen molar-refractivity contribution in [2.75, 3.05) is 0 Å². The predicted molar refractivity (Wildman–Crippen MR) is 95.2 cm³/mol. The summed E-state index contributed by atoms with van der Waals surface area (Å²) in [7, 11) is 0. The molecular weight excluding hydrogens is 322 g/mol. The Kier molecular flexibility index (Phi) is 4.37. The molecule has 2 aromatic rings. The largest absolute Gasteiger partial charge is 0.295 e. The molecule has 2 atom stereocenters. The monoisotopic (exact) mass is 341 g/mol. The Labute approximate surface area is 145 Å². The van der Waals surface area contributed by atoms with E-state index < -0.39 is 17.2 Å². The highest BCUT2D eigenvalue weighted by molar-refractivity contribution is 7.10. The molecule has 0 N–H and O–H groups in total. The average Bonchev–Trinajstić information content (AvgIpc) is 3.11. The number of carbonyl (C=O) groups excluding carboxylic acids is 1. The summed E-state index contributed by atoms with van der Waals surface area (Å²) >= 11 is 1.49. The molecule has 1 aromatic heterocycles. The Morgan fingerprint density at radius 3 is 2.46 bits per heavy atom. The summed E-state index contributed by atoms with van der Waals surface area (Å²) in [5, 5.41) is 14.1. The van der Waals surface area contributed by atoms with Crippen molar-refractivity contribution in [1.29, 1.82) is 0 Å². The lowest BCUT2D eigenvalue weighted by Gasteiger charge is -2.36. The number of carbonyl (C=O) groups is 1. The van der Waals surface area contributed by atoms with Gasteiger partial charge in [-0.05, 0) is 31.7 Å². The molecule has 0 saturated carbocycles. The average molecular weight is 341 g/mol. The van der Waals surface area contributed by atoms with Gasteiger partial charge < -0.3 is 0 Å². The second-order valence-electron chi connectivity index (χ2n) is 6.39. The summed E-state index contributed by atoms with van der Waals surface area (Å²) in [5.41, 5.74) is 0.870. The maximum absolute atomic E-state index is 13.3. The van der Waals surface area contributed by atoms with Crippen molar-refractivity contribution in [3.63, 3.8) is 0 Å². The zero-order valence-corrected chi connectivity index (χ0v) is 14.5. The van der Waals surface area contributed by atoms with Gasteiger partial charge in [0.15, 0.2) is 0 Å². The summed E-state index contributed by atoms with van der Waals surface area (Å²) in [4.78, 5) is 26.0. The molecule has 0 spiro atoms. The molecule has 0 amide bonds. The number of hydrogen-bond acceptors (Lipinski definition) is 4. The van der Waals surface area contributed by atoms with Gasteiger partial charge in [0.25, 0.3) is 5.54 Å². The molecule has 0 radical (unpaired) electrons. The third-order valence-corrected chi connectivity index (χ3v) is 5.98. The minimum atomic E-state index is -1.63. The van der Waals surface area contributed by atoms with Crippen LogP contribution in [-0.4, -0.2) is 16.2 Å². The first-order valence-corrected chi connectivity index (χ1v) is 8.77. The van der Waals surface area contributed by atoms with Crippen LogP contribution in [-0.2, 0) is 0 Å². The molecule has 0 bridgehead atoms. The number of ketones is 1. The van der Waals surface area contributed by atoms with E-state index in [4.69, 9.17) is 0 Å². The first-order valence-electron chi connectivity index (χ1n) is 7.89. The maximum Gasteiger partial charge on any atom is 0.295 e. The molecule has 1 aliphatic carbocycles. The maximum atomic E-state index is 13.3. The summed E-state index contributed by atoms with van der Waals surface area (Å²) in [6.45, 7) is 3.91. The van der Waals surface area contributed by atoms with Crippen LogP contribution < -0.4 is 0 Å². The van der Waals surface area contributed by atoms with Crippen molar-refractivity contribution in [2.24, 2.45) is 0 Å². The zero-order chi connectivity index (χ0) is 17.3. The fourth-order valence-electron chi connectivity index (χ4n) is 3.51. The normalized spacial score (nSPS) is 24.0. The van der Waals surface area contributed by atoms with Crippen molar-refractivity contribution in [3.8, 4) is 0 Å². The van der Waals surface area contributed by atoms with Crippen molar-refractivity contribution >= 4 is 17.1 Å². The van der Waals surface area contributed by atoms with E-state index in [1.807, 2.05) is 37.4 Å². The molecule has 2 unspecified atom stereocenters. The van der Waals surface area contributed by atoms with Gasteiger partial charge >= 0.3 is 0 Å². The van der Waals surface area contributed by atoms with E-state index >= 15 is 0 Å². The number of rotatable bonds is 4. The van der Waals surface area contributed by atoms with Gasteiger partial charge in [0, 0.05) is 21.8 Å². The summed E-state index contributed by atoms with van der Waals surface area (Å²) in [6, 6.07) is 12.4. The van der Waals surface area contributed by atoms with E-state index in [0.29, 0.717) is 12.0 Å². The van der Waals surface area contributed by atoms with Crippen LogP contribution in [0.3, 0.4) is 0 Å². The van der Waals surface area contributed by atoms with E-state index in [1.54, 1.807) is 24.3 Å². The Morgan fingerprint density at radius 1 is 1.17 bits per heavy atom. The second-order valence-corrected chi connectivity index (χ2v) is 7.37. The summed E-state index contributed by atoms with van der Waals surface area (Å²) in [6.07, 6.45) is 0.716. The molecule has 3 rings (SSSR count). The van der Waals surface area contributed by atoms with Gasteiger partial charge in [0.2, 0.25) is 5.78 Å². The van der Waals surface area contributed by atoms with E-state index in [-0.39, 0.29) is 11.3 Å². The Bertz CT molecular complexity index is 795. The van der Waals surface area contributed by atoms with Gasteiger partial charge in [0.05, 0.1) is 5.92 Å². The fraction of sp³-hybridized carbons (Fsp3) is 0.316. The summed E-state index contributed by atoms with van der Waals surface area (Å²) in [5.74, 6) is -0.817. The number of thiophene rings is 1. The van der Waals surface area contributed by atoms with Crippen LogP contribution in [0.4, 0.5) is 0 Å². The van der Waals surface area contributed by atoms with Gasteiger partial charge in [-0.2, -0.15) is 0 Å². The lowest BCUT2D eigenvalue weighted by molar-refractivity contribution is -0.555. The lowest BCUT2D eigenvalue weighted by Crippen LogP contribution is -2.53. The van der Waals surface area contributed by atoms with E-state index in [2.05, 4.69) is 0 Å². The zero-order valence-electron chi connectivity index (χ0n) is 13.7. The number of allylic oxidation sites excluding steroid dienone is 1. The molecule has 124 valence electrons. The quantitative estimate of drug-likeness (QED) is 0.345. The van der Waals surface area contributed by atoms with Gasteiger partial charge in [-0.1, -0.05) is 47.5 Å². The van der Waals surface area contributed by atoms with Crippen molar-refractivity contribution < 1.29 is 9.72 Å². The summed E-state index contributed by atoms with van der Waals surface area (Å²) < 4.78 is 0. The smallest absolute Gasteiger partial charge is 0.286 e. The second kappa shape index (κ2) is 6.32. The van der Waals surface area contributed by atoms with Crippen LogP contribution in [0, 0.1) is 10.1 Å². The van der Waals surface area contributed by atoms with Crippen LogP contribution in [0.2, 0.25) is 0 Å². The first-order chi connectivity index (χ1) is 11.5. The SMILES string of the molecule is CC1=C(C)CC(C(=O)c2ccccc2)([N+](=O)[O-])C(c2cccs2)C1. The third-order valence-electron chi connectivity index (χ3n) is 4.99. The molecule has 1 aromatic carbocycles. The van der Waals surface area contributed by atoms with E-state index in [1.165, 1.54) is 11.3 Å². The van der Waals surface area contributed by atoms with Gasteiger partial charge in [-0.15, -0.1) is 11.3 Å². The number of benzene rings is 1. The molecule has 1 heterocycles. The van der Waals surface area contributed by atoms with Crippen LogP contribution in [0.25, 0.3) is 0 Å². The number of Topliss-reactive ketones (excluding diaryl/α,β-unsaturated/α-hetero) is 1. The first kappa shape index (κ1) is 16.6. The highest BCUT2D eigenvalue weighted by Gasteiger charge is 2.59. The molecule has 5 heteroatoms.